The van der Waals surface area contributed by atoms with Crippen molar-refractivity contribution >= 4 is 23.5 Å². The van der Waals surface area contributed by atoms with Crippen LogP contribution in [-0.4, -0.2) is 10.9 Å². The maximum absolute atomic E-state index is 12.4. The number of hydrogen-bond acceptors (Lipinski definition) is 2. The van der Waals surface area contributed by atoms with Gasteiger partial charge in [-0.25, -0.2) is 0 Å². The summed E-state index contributed by atoms with van der Waals surface area (Å²) in [6.45, 7) is 5.69. The molecular weight excluding hydrogens is 296 g/mol. The number of allylic oxidation sites excluding steroid dienone is 1. The Morgan fingerprint density at radius 1 is 1.18 bits per heavy atom. The van der Waals surface area contributed by atoms with E-state index >= 15 is 0 Å². The molecule has 1 N–H and O–H groups in total. The third-order valence-electron chi connectivity index (χ3n) is 3.65. The molecule has 0 saturated carbocycles. The summed E-state index contributed by atoms with van der Waals surface area (Å²) in [6.07, 6.45) is 4.09. The van der Waals surface area contributed by atoms with Crippen LogP contribution in [0.1, 0.15) is 39.5 Å². The van der Waals surface area contributed by atoms with E-state index in [4.69, 9.17) is 11.6 Å². The van der Waals surface area contributed by atoms with E-state index in [1.807, 2.05) is 39.0 Å². The monoisotopic (exact) mass is 314 g/mol. The zero-order valence-corrected chi connectivity index (χ0v) is 13.7. The van der Waals surface area contributed by atoms with Crippen molar-refractivity contribution in [1.82, 2.24) is 0 Å². The van der Waals surface area contributed by atoms with Crippen LogP contribution in [-0.2, 0) is 6.42 Å². The average Bonchev–Trinajstić information content (AvgIpc) is 2.49. The van der Waals surface area contributed by atoms with E-state index in [2.05, 4.69) is 0 Å². The Kier molecular flexibility index (Phi) is 5.04. The topological polar surface area (TPSA) is 37.3 Å². The highest BCUT2D eigenvalue weighted by molar-refractivity contribution is 6.30. The fraction of sp³-hybridized carbons (Fsp3) is 0.211. The van der Waals surface area contributed by atoms with Crippen LogP contribution >= 0.6 is 11.6 Å². The Bertz CT molecular complexity index is 722. The molecule has 0 atom stereocenters. The van der Waals surface area contributed by atoms with Crippen molar-refractivity contribution in [2.24, 2.45) is 0 Å². The number of benzene rings is 2. The van der Waals surface area contributed by atoms with Gasteiger partial charge in [-0.05, 0) is 78.9 Å². The summed E-state index contributed by atoms with van der Waals surface area (Å²) in [5.41, 5.74) is 4.12. The largest absolute Gasteiger partial charge is 0.507 e. The number of hydrogen-bond donors (Lipinski definition) is 1. The molecule has 0 bridgehead atoms. The van der Waals surface area contributed by atoms with E-state index in [9.17, 15) is 9.90 Å². The number of phenols is 1. The maximum Gasteiger partial charge on any atom is 0.186 e. The first-order valence-electron chi connectivity index (χ1n) is 7.23. The molecule has 0 aliphatic carbocycles. The summed E-state index contributed by atoms with van der Waals surface area (Å²) in [7, 11) is 0. The zero-order chi connectivity index (χ0) is 16.3. The molecule has 2 rings (SSSR count). The van der Waals surface area contributed by atoms with Crippen molar-refractivity contribution in [3.63, 3.8) is 0 Å². The molecular formula is C19H19ClO2. The van der Waals surface area contributed by atoms with Gasteiger partial charge in [0.1, 0.15) is 5.75 Å². The van der Waals surface area contributed by atoms with Crippen LogP contribution in [0.15, 0.2) is 36.4 Å². The quantitative estimate of drug-likeness (QED) is 0.628. The summed E-state index contributed by atoms with van der Waals surface area (Å²) in [6, 6.07) is 9.04. The summed E-state index contributed by atoms with van der Waals surface area (Å²) in [5.74, 6) is 0.256. The molecule has 3 heteroatoms. The van der Waals surface area contributed by atoms with Crippen LogP contribution < -0.4 is 0 Å². The van der Waals surface area contributed by atoms with Crippen LogP contribution in [0.25, 0.3) is 6.08 Å². The third-order valence-corrected chi connectivity index (χ3v) is 3.89. The number of rotatable bonds is 4. The molecule has 0 aromatic heterocycles. The lowest BCUT2D eigenvalue weighted by atomic mass is 10.00. The number of ketones is 1. The van der Waals surface area contributed by atoms with Gasteiger partial charge >= 0.3 is 0 Å². The lowest BCUT2D eigenvalue weighted by Gasteiger charge is -2.06. The van der Waals surface area contributed by atoms with Crippen molar-refractivity contribution in [1.29, 1.82) is 0 Å². The first-order valence-corrected chi connectivity index (χ1v) is 7.61. The first-order chi connectivity index (χ1) is 10.4. The highest BCUT2D eigenvalue weighted by atomic mass is 35.5. The summed E-state index contributed by atoms with van der Waals surface area (Å²) < 4.78 is 0. The van der Waals surface area contributed by atoms with Crippen LogP contribution in [0.2, 0.25) is 5.02 Å². The number of carbonyl (C=O) groups is 1. The molecule has 2 aromatic rings. The maximum atomic E-state index is 12.4. The van der Waals surface area contributed by atoms with Crippen molar-refractivity contribution in [2.45, 2.75) is 27.2 Å². The number of aryl methyl sites for hydroxylation is 3. The highest BCUT2D eigenvalue weighted by Gasteiger charge is 2.08. The first kappa shape index (κ1) is 16.3. The molecule has 0 radical (unpaired) electrons. The van der Waals surface area contributed by atoms with Gasteiger partial charge in [-0.15, -0.1) is 0 Å². The number of halogens is 1. The second-order valence-corrected chi connectivity index (χ2v) is 5.79. The Morgan fingerprint density at radius 2 is 1.82 bits per heavy atom. The predicted molar refractivity (Wildman–Crippen MR) is 91.8 cm³/mol. The van der Waals surface area contributed by atoms with E-state index in [1.165, 1.54) is 0 Å². The van der Waals surface area contributed by atoms with Crippen molar-refractivity contribution < 1.29 is 9.90 Å². The minimum Gasteiger partial charge on any atom is -0.507 e. The van der Waals surface area contributed by atoms with Gasteiger partial charge in [0.2, 0.25) is 0 Å². The zero-order valence-electron chi connectivity index (χ0n) is 13.0. The second-order valence-electron chi connectivity index (χ2n) is 5.36. The van der Waals surface area contributed by atoms with Crippen molar-refractivity contribution in [3.05, 3.63) is 69.2 Å². The lowest BCUT2D eigenvalue weighted by molar-refractivity contribution is 0.104. The molecule has 22 heavy (non-hydrogen) atoms. The molecule has 0 heterocycles. The van der Waals surface area contributed by atoms with Gasteiger partial charge in [0.05, 0.1) is 0 Å². The standard InChI is InChI=1S/C19H19ClO2/c1-4-15-11-16(20)6-7-17(15)18(21)8-5-14-9-12(2)19(22)13(3)10-14/h5-11,22H,4H2,1-3H3/b8-5+. The fourth-order valence-corrected chi connectivity index (χ4v) is 2.64. The van der Waals surface area contributed by atoms with Gasteiger partial charge in [0.15, 0.2) is 5.78 Å². The van der Waals surface area contributed by atoms with Crippen molar-refractivity contribution in [3.8, 4) is 5.75 Å². The molecule has 0 saturated heterocycles. The number of carbonyl (C=O) groups excluding carboxylic acids is 1. The van der Waals surface area contributed by atoms with Gasteiger partial charge in [-0.1, -0.05) is 24.6 Å². The minimum atomic E-state index is -0.0445. The van der Waals surface area contributed by atoms with Crippen LogP contribution in [0.5, 0.6) is 5.75 Å². The summed E-state index contributed by atoms with van der Waals surface area (Å²) >= 11 is 5.97. The average molecular weight is 315 g/mol. The Labute approximate surface area is 136 Å². The Morgan fingerprint density at radius 3 is 2.41 bits per heavy atom. The summed E-state index contributed by atoms with van der Waals surface area (Å²) in [5, 5.41) is 10.4. The molecule has 2 nitrogen and oxygen atoms in total. The van der Waals surface area contributed by atoms with E-state index in [-0.39, 0.29) is 5.78 Å². The van der Waals surface area contributed by atoms with E-state index in [0.717, 1.165) is 28.7 Å². The van der Waals surface area contributed by atoms with Crippen LogP contribution in [0.4, 0.5) is 0 Å². The van der Waals surface area contributed by atoms with E-state index in [0.29, 0.717) is 16.3 Å². The van der Waals surface area contributed by atoms with Gasteiger partial charge in [0, 0.05) is 10.6 Å². The molecule has 0 fully saturated rings. The SMILES string of the molecule is CCc1cc(Cl)ccc1C(=O)/C=C/c1cc(C)c(O)c(C)c1. The van der Waals surface area contributed by atoms with Crippen LogP contribution in [0, 0.1) is 13.8 Å². The van der Waals surface area contributed by atoms with E-state index in [1.54, 1.807) is 24.3 Å². The second kappa shape index (κ2) is 6.80. The third kappa shape index (κ3) is 3.58. The molecule has 0 aliphatic heterocycles. The van der Waals surface area contributed by atoms with Gasteiger partial charge in [0.25, 0.3) is 0 Å². The van der Waals surface area contributed by atoms with Gasteiger partial charge in [-0.3, -0.25) is 4.79 Å². The van der Waals surface area contributed by atoms with Gasteiger partial charge in [-0.2, -0.15) is 0 Å². The summed E-state index contributed by atoms with van der Waals surface area (Å²) in [4.78, 5) is 12.4. The molecule has 0 amide bonds. The highest BCUT2D eigenvalue weighted by Crippen LogP contribution is 2.24. The molecule has 2 aromatic carbocycles. The number of aromatic hydroxyl groups is 1. The minimum absolute atomic E-state index is 0.0445. The Balaban J connectivity index is 2.29. The fourth-order valence-electron chi connectivity index (χ4n) is 2.44. The number of phenolic OH excluding ortho intramolecular Hbond substituents is 1. The smallest absolute Gasteiger partial charge is 0.186 e. The molecule has 0 spiro atoms. The molecule has 0 unspecified atom stereocenters. The van der Waals surface area contributed by atoms with Crippen LogP contribution in [0.3, 0.4) is 0 Å². The molecule has 0 aliphatic rings. The lowest BCUT2D eigenvalue weighted by Crippen LogP contribution is -2.00. The normalized spacial score (nSPS) is 11.1. The van der Waals surface area contributed by atoms with E-state index < -0.39 is 0 Å². The predicted octanol–water partition coefficient (Wildman–Crippen LogP) is 5.12. The van der Waals surface area contributed by atoms with Gasteiger partial charge < -0.3 is 5.11 Å². The molecule has 114 valence electrons. The van der Waals surface area contributed by atoms with Crippen molar-refractivity contribution in [2.75, 3.05) is 0 Å². The Hall–Kier alpha value is -2.06.